The van der Waals surface area contributed by atoms with E-state index in [0.29, 0.717) is 87.1 Å². The molecule has 0 spiro atoms. The number of rotatable bonds is 25. The predicted octanol–water partition coefficient (Wildman–Crippen LogP) is 25.1. The SMILES string of the molecule is CCc1ccccc1Nc1nc(Nc2ccc(C)cc2)nc(Nc2ccc(C)cc2)n1.Cc1ccc(Nc2nc(Nc3ccc(C)cc3)nc(Nc3cccc(C)c3)n2)cc1.Cc1ccc(Nc2nc(Nc3ccc(C)cc3)nc(Nc3ccccc3Cl)n2)cc1.Cc1ccc(Nc2nc(Nc3ccc(Cl)cc3)nc(Nc3ccccc3C)n2)cc1. The molecule has 4 aromatic heterocycles. The van der Waals surface area contributed by atoms with Crippen molar-refractivity contribution in [1.29, 1.82) is 0 Å². The van der Waals surface area contributed by atoms with Gasteiger partial charge < -0.3 is 63.8 Å². The monoisotopic (exact) mass is 1640 g/mol. The quantitative estimate of drug-likeness (QED) is 0.0253. The molecule has 4 heterocycles. The Hall–Kier alpha value is -15.1. The third kappa shape index (κ3) is 26.2. The van der Waals surface area contributed by atoms with Crippen molar-refractivity contribution in [2.45, 2.75) is 75.7 Å². The summed E-state index contributed by atoms with van der Waals surface area (Å²) < 4.78 is 0. The highest BCUT2D eigenvalue weighted by Crippen LogP contribution is 2.31. The second-order valence-corrected chi connectivity index (χ2v) is 29.3. The molecule has 606 valence electrons. The highest BCUT2D eigenvalue weighted by molar-refractivity contribution is 6.33. The highest BCUT2D eigenvalue weighted by atomic mass is 35.5. The van der Waals surface area contributed by atoms with E-state index in [-0.39, 0.29) is 0 Å². The summed E-state index contributed by atoms with van der Waals surface area (Å²) in [7, 11) is 0. The molecule has 16 rings (SSSR count). The number of aromatic nitrogens is 12. The van der Waals surface area contributed by atoms with Crippen molar-refractivity contribution in [1.82, 2.24) is 59.8 Å². The van der Waals surface area contributed by atoms with E-state index in [2.05, 4.69) is 164 Å². The van der Waals surface area contributed by atoms with Crippen LogP contribution in [-0.4, -0.2) is 59.8 Å². The van der Waals surface area contributed by atoms with Crippen molar-refractivity contribution < 1.29 is 0 Å². The number of nitrogens with one attached hydrogen (secondary N) is 12. The maximum Gasteiger partial charge on any atom is 0.233 e. The first-order valence-corrected chi connectivity index (χ1v) is 39.9. The summed E-state index contributed by atoms with van der Waals surface area (Å²) >= 11 is 12.3. The Kier molecular flexibility index (Phi) is 28.5. The number of nitrogens with zero attached hydrogens (tertiary/aromatic N) is 12. The lowest BCUT2D eigenvalue weighted by Gasteiger charge is -2.13. The Bertz CT molecular complexity index is 5620. The maximum absolute atomic E-state index is 6.28. The Labute approximate surface area is 714 Å². The molecule has 0 radical (unpaired) electrons. The fraction of sp³-hybridized carbons (Fsp3) is 0.116. The van der Waals surface area contributed by atoms with Crippen molar-refractivity contribution in [3.63, 3.8) is 0 Å². The van der Waals surface area contributed by atoms with Crippen LogP contribution in [0.2, 0.25) is 10.0 Å². The molecule has 0 aliphatic carbocycles. The Morgan fingerprint density at radius 2 is 0.430 bits per heavy atom. The van der Waals surface area contributed by atoms with Crippen molar-refractivity contribution >= 4 is 163 Å². The summed E-state index contributed by atoms with van der Waals surface area (Å²) in [6, 6.07) is 95.4. The standard InChI is InChI=1S/C25H26N6.C24H24N6.2C23H21ClN6/c1-4-19-7-5-6-8-22(19)28-25-30-23(26-20-13-9-17(2)10-14-20)29-24(31-25)27-21-15-11-18(3)12-16-21;1-16-7-11-19(12-8-16)25-22-28-23(26-20-13-9-17(2)10-14-20)30-24(29-22)27-21-6-4-5-18(3)15-21;1-15-7-11-17(12-8-15)25-21-28-22(26-18-13-9-16(2)10-14-18)30-23(29-21)27-20-6-4-3-5-19(20)24;1-15-7-11-18(12-8-15)25-21-28-22(26-19-13-9-17(24)10-14-19)30-23(29-21)27-20-6-4-3-5-16(20)2/h5-16H,4H2,1-3H3,(H3,26,27,28,29,30,31);4-15H,1-3H3,(H3,25,26,27,28,29,30);2*3-14H,1-2H3,(H3,25,26,27,28,29,30). The molecule has 12 N–H and O–H groups in total. The van der Waals surface area contributed by atoms with E-state index < -0.39 is 0 Å². The van der Waals surface area contributed by atoms with E-state index in [1.165, 1.54) is 44.5 Å². The Morgan fingerprint density at radius 1 is 0.198 bits per heavy atom. The lowest BCUT2D eigenvalue weighted by Crippen LogP contribution is -2.08. The van der Waals surface area contributed by atoms with Gasteiger partial charge in [0.25, 0.3) is 0 Å². The van der Waals surface area contributed by atoms with Crippen LogP contribution in [0.25, 0.3) is 0 Å². The number of hydrogen-bond donors (Lipinski definition) is 12. The van der Waals surface area contributed by atoms with Gasteiger partial charge >= 0.3 is 0 Å². The first-order chi connectivity index (χ1) is 58.7. The van der Waals surface area contributed by atoms with Crippen molar-refractivity contribution in [2.75, 3.05) is 63.8 Å². The van der Waals surface area contributed by atoms with Crippen molar-refractivity contribution in [2.24, 2.45) is 0 Å². The van der Waals surface area contributed by atoms with E-state index in [1.807, 2.05) is 320 Å². The second kappa shape index (κ2) is 41.1. The first-order valence-electron chi connectivity index (χ1n) is 39.2. The molecule has 0 aliphatic heterocycles. The molecule has 0 unspecified atom stereocenters. The second-order valence-electron chi connectivity index (χ2n) is 28.5. The summed E-state index contributed by atoms with van der Waals surface area (Å²) in [4.78, 5) is 54.5. The Morgan fingerprint density at radius 3 is 0.711 bits per heavy atom. The van der Waals surface area contributed by atoms with Gasteiger partial charge in [-0.1, -0.05) is 215 Å². The topological polar surface area (TPSA) is 299 Å². The number of para-hydroxylation sites is 3. The van der Waals surface area contributed by atoms with Gasteiger partial charge in [-0.15, -0.1) is 0 Å². The van der Waals surface area contributed by atoms with Crippen LogP contribution in [0.1, 0.15) is 62.6 Å². The Balaban J connectivity index is 0.000000139. The van der Waals surface area contributed by atoms with E-state index in [1.54, 1.807) is 0 Å². The summed E-state index contributed by atoms with van der Waals surface area (Å²) in [6.45, 7) is 20.6. The van der Waals surface area contributed by atoms with Crippen LogP contribution in [0, 0.1) is 62.3 Å². The van der Waals surface area contributed by atoms with Crippen LogP contribution in [0.15, 0.2) is 291 Å². The van der Waals surface area contributed by atoms with Gasteiger partial charge in [0.15, 0.2) is 0 Å². The molecular formula is C95H92Cl2N24. The molecule has 0 saturated heterocycles. The van der Waals surface area contributed by atoms with Gasteiger partial charge in [-0.2, -0.15) is 59.8 Å². The molecule has 0 bridgehead atoms. The van der Waals surface area contributed by atoms with Gasteiger partial charge in [0.05, 0.1) is 10.7 Å². The molecule has 0 amide bonds. The van der Waals surface area contributed by atoms with Gasteiger partial charge in [-0.25, -0.2) is 0 Å². The third-order valence-corrected chi connectivity index (χ3v) is 18.8. The summed E-state index contributed by atoms with van der Waals surface area (Å²) in [5.41, 5.74) is 22.5. The van der Waals surface area contributed by atoms with Gasteiger partial charge in [0.1, 0.15) is 0 Å². The molecule has 0 fully saturated rings. The highest BCUT2D eigenvalue weighted by Gasteiger charge is 2.16. The number of halogens is 2. The van der Waals surface area contributed by atoms with E-state index >= 15 is 0 Å². The van der Waals surface area contributed by atoms with Gasteiger partial charge in [0.2, 0.25) is 71.4 Å². The average molecular weight is 1640 g/mol. The minimum atomic E-state index is 0.377. The van der Waals surface area contributed by atoms with E-state index in [0.717, 1.165) is 80.1 Å². The summed E-state index contributed by atoms with van der Waals surface area (Å²) in [6.07, 6.45) is 0.914. The molecule has 0 atom stereocenters. The van der Waals surface area contributed by atoms with Crippen LogP contribution in [0.5, 0.6) is 0 Å². The van der Waals surface area contributed by atoms with Crippen LogP contribution in [0.4, 0.5) is 140 Å². The summed E-state index contributed by atoms with van der Waals surface area (Å²) in [5, 5.41) is 40.3. The fourth-order valence-electron chi connectivity index (χ4n) is 11.6. The molecule has 121 heavy (non-hydrogen) atoms. The zero-order chi connectivity index (χ0) is 84.4. The molecular weight excluding hydrogens is 1550 g/mol. The maximum atomic E-state index is 6.28. The predicted molar refractivity (Wildman–Crippen MR) is 498 cm³/mol. The number of hydrogen-bond acceptors (Lipinski definition) is 24. The third-order valence-electron chi connectivity index (χ3n) is 18.2. The minimum absolute atomic E-state index is 0.377. The van der Waals surface area contributed by atoms with Crippen LogP contribution >= 0.6 is 23.2 Å². The number of benzene rings is 12. The van der Waals surface area contributed by atoms with Crippen molar-refractivity contribution in [3.05, 3.63) is 357 Å². The fourth-order valence-corrected chi connectivity index (χ4v) is 11.9. The van der Waals surface area contributed by atoms with Crippen LogP contribution in [-0.2, 0) is 6.42 Å². The van der Waals surface area contributed by atoms with E-state index in [9.17, 15) is 0 Å². The van der Waals surface area contributed by atoms with Crippen LogP contribution < -0.4 is 63.8 Å². The summed E-state index contributed by atoms with van der Waals surface area (Å²) in [5.74, 6) is 5.26. The number of anilines is 24. The molecule has 16 aromatic rings. The number of aryl methyl sites for hydroxylation is 10. The largest absolute Gasteiger partial charge is 0.324 e. The van der Waals surface area contributed by atoms with Gasteiger partial charge in [-0.05, 0) is 231 Å². The zero-order valence-corrected chi connectivity index (χ0v) is 70.1. The molecule has 24 nitrogen and oxygen atoms in total. The first kappa shape index (κ1) is 83.8. The molecule has 26 heteroatoms. The van der Waals surface area contributed by atoms with E-state index in [4.69, 9.17) is 23.2 Å². The molecule has 0 saturated carbocycles. The van der Waals surface area contributed by atoms with Gasteiger partial charge in [-0.3, -0.25) is 0 Å². The molecule has 12 aromatic carbocycles. The smallest absolute Gasteiger partial charge is 0.233 e. The van der Waals surface area contributed by atoms with Crippen LogP contribution in [0.3, 0.4) is 0 Å². The lowest BCUT2D eigenvalue weighted by atomic mass is 10.1. The lowest BCUT2D eigenvalue weighted by molar-refractivity contribution is 1.06. The zero-order valence-electron chi connectivity index (χ0n) is 68.5. The average Bonchev–Trinajstić information content (AvgIpc) is 0.831. The van der Waals surface area contributed by atoms with Crippen molar-refractivity contribution in [3.8, 4) is 0 Å². The normalized spacial score (nSPS) is 10.5. The minimum Gasteiger partial charge on any atom is -0.324 e. The molecule has 0 aliphatic rings. The van der Waals surface area contributed by atoms with Gasteiger partial charge in [0, 0.05) is 67.6 Å².